The summed E-state index contributed by atoms with van der Waals surface area (Å²) >= 11 is 0. The fraction of sp³-hybridized carbons (Fsp3) is 0.125. The first-order chi connectivity index (χ1) is 9.69. The molecule has 4 heteroatoms. The summed E-state index contributed by atoms with van der Waals surface area (Å²) < 4.78 is 0. The Morgan fingerprint density at radius 1 is 1.15 bits per heavy atom. The van der Waals surface area contributed by atoms with E-state index in [1.54, 1.807) is 18.3 Å². The van der Waals surface area contributed by atoms with E-state index in [0.29, 0.717) is 0 Å². The summed E-state index contributed by atoms with van der Waals surface area (Å²) in [5.41, 5.74) is 6.17. The first-order valence-corrected chi connectivity index (χ1v) is 6.40. The highest BCUT2D eigenvalue weighted by Crippen LogP contribution is 2.09. The molecule has 0 radical (unpaired) electrons. The van der Waals surface area contributed by atoms with E-state index in [-0.39, 0.29) is 5.56 Å². The van der Waals surface area contributed by atoms with E-state index in [4.69, 9.17) is 5.11 Å². The van der Waals surface area contributed by atoms with Gasteiger partial charge in [-0.25, -0.2) is 4.79 Å². The Labute approximate surface area is 117 Å². The van der Waals surface area contributed by atoms with Crippen molar-refractivity contribution in [3.05, 3.63) is 65.2 Å². The Morgan fingerprint density at radius 2 is 1.80 bits per heavy atom. The first kappa shape index (κ1) is 13.8. The van der Waals surface area contributed by atoms with Crippen molar-refractivity contribution in [3.8, 4) is 0 Å². The quantitative estimate of drug-likeness (QED) is 0.645. The zero-order chi connectivity index (χ0) is 14.4. The van der Waals surface area contributed by atoms with Crippen molar-refractivity contribution in [2.24, 2.45) is 5.10 Å². The van der Waals surface area contributed by atoms with E-state index >= 15 is 0 Å². The Balaban J connectivity index is 1.96. The van der Waals surface area contributed by atoms with Gasteiger partial charge in [0.15, 0.2) is 0 Å². The van der Waals surface area contributed by atoms with Gasteiger partial charge in [-0.3, -0.25) is 5.43 Å². The van der Waals surface area contributed by atoms with Gasteiger partial charge >= 0.3 is 5.97 Å². The molecule has 102 valence electrons. The van der Waals surface area contributed by atoms with Gasteiger partial charge in [0, 0.05) is 0 Å². The number of carboxylic acid groups (broad SMARTS) is 1. The number of aromatic carboxylic acids is 1. The number of carboxylic acids is 1. The molecule has 2 rings (SSSR count). The molecule has 20 heavy (non-hydrogen) atoms. The number of anilines is 1. The van der Waals surface area contributed by atoms with Crippen molar-refractivity contribution >= 4 is 17.9 Å². The van der Waals surface area contributed by atoms with Crippen LogP contribution in [0.4, 0.5) is 5.69 Å². The molecule has 0 fully saturated rings. The number of rotatable bonds is 5. The fourth-order valence-corrected chi connectivity index (χ4v) is 1.71. The van der Waals surface area contributed by atoms with Crippen molar-refractivity contribution in [3.63, 3.8) is 0 Å². The number of hydrogen-bond donors (Lipinski definition) is 2. The van der Waals surface area contributed by atoms with Crippen LogP contribution < -0.4 is 5.43 Å². The van der Waals surface area contributed by atoms with Gasteiger partial charge in [0.25, 0.3) is 0 Å². The Hall–Kier alpha value is -2.62. The van der Waals surface area contributed by atoms with E-state index in [9.17, 15) is 4.79 Å². The van der Waals surface area contributed by atoms with Crippen molar-refractivity contribution in [1.29, 1.82) is 0 Å². The Morgan fingerprint density at radius 3 is 2.35 bits per heavy atom. The lowest BCUT2D eigenvalue weighted by molar-refractivity contribution is 0.0697. The van der Waals surface area contributed by atoms with Gasteiger partial charge in [0.2, 0.25) is 0 Å². The Bertz CT molecular complexity index is 601. The second-order valence-electron chi connectivity index (χ2n) is 4.35. The number of hydrogen-bond acceptors (Lipinski definition) is 3. The third kappa shape index (κ3) is 3.68. The largest absolute Gasteiger partial charge is 0.478 e. The third-order valence-corrected chi connectivity index (χ3v) is 2.93. The van der Waals surface area contributed by atoms with Gasteiger partial charge in [0.05, 0.1) is 17.5 Å². The molecule has 0 saturated carbocycles. The van der Waals surface area contributed by atoms with Gasteiger partial charge in [-0.2, -0.15) is 5.10 Å². The molecule has 4 nitrogen and oxygen atoms in total. The molecule has 2 aromatic carbocycles. The van der Waals surface area contributed by atoms with Crippen LogP contribution in [0.1, 0.15) is 28.4 Å². The number of hydrazone groups is 1. The molecule has 0 aliphatic carbocycles. The number of aryl methyl sites for hydroxylation is 1. The number of nitrogens with zero attached hydrogens (tertiary/aromatic N) is 1. The van der Waals surface area contributed by atoms with E-state index < -0.39 is 5.97 Å². The van der Waals surface area contributed by atoms with Crippen LogP contribution in [-0.2, 0) is 6.42 Å². The maximum absolute atomic E-state index is 10.7. The van der Waals surface area contributed by atoms with Crippen LogP contribution in [0.25, 0.3) is 0 Å². The zero-order valence-electron chi connectivity index (χ0n) is 11.2. The summed E-state index contributed by atoms with van der Waals surface area (Å²) in [6.07, 6.45) is 2.75. The molecule has 2 N–H and O–H groups in total. The average Bonchev–Trinajstić information content (AvgIpc) is 2.48. The van der Waals surface area contributed by atoms with Crippen LogP contribution in [0.2, 0.25) is 0 Å². The van der Waals surface area contributed by atoms with Crippen LogP contribution in [0, 0.1) is 0 Å². The molecule has 0 heterocycles. The van der Waals surface area contributed by atoms with E-state index in [1.165, 1.54) is 17.7 Å². The minimum absolute atomic E-state index is 0.259. The zero-order valence-corrected chi connectivity index (χ0v) is 11.2. The highest BCUT2D eigenvalue weighted by atomic mass is 16.4. The summed E-state index contributed by atoms with van der Waals surface area (Å²) in [6.45, 7) is 2.12. The lowest BCUT2D eigenvalue weighted by atomic mass is 10.1. The third-order valence-electron chi connectivity index (χ3n) is 2.93. The summed E-state index contributed by atoms with van der Waals surface area (Å²) in [7, 11) is 0. The molecule has 0 unspecified atom stereocenters. The normalized spacial score (nSPS) is 10.7. The van der Waals surface area contributed by atoms with Crippen LogP contribution >= 0.6 is 0 Å². The predicted octanol–water partition coefficient (Wildman–Crippen LogP) is 3.39. The number of benzene rings is 2. The van der Waals surface area contributed by atoms with E-state index in [1.807, 2.05) is 12.1 Å². The predicted molar refractivity (Wildman–Crippen MR) is 80.4 cm³/mol. The molecule has 0 spiro atoms. The minimum Gasteiger partial charge on any atom is -0.478 e. The molecular formula is C16H16N2O2. The topological polar surface area (TPSA) is 61.7 Å². The van der Waals surface area contributed by atoms with Gasteiger partial charge in [-0.05, 0) is 41.8 Å². The summed E-state index contributed by atoms with van der Waals surface area (Å²) in [4.78, 5) is 10.7. The molecule has 0 aliphatic rings. The standard InChI is InChI=1S/C16H16N2O2/c1-2-12-3-5-13(6-4-12)11-17-18-15-9-7-14(8-10-15)16(19)20/h3-11,18H,2H2,1H3,(H,19,20)/b17-11-. The van der Waals surface area contributed by atoms with Crippen LogP contribution in [0.3, 0.4) is 0 Å². The SMILES string of the molecule is CCc1ccc(/C=N\Nc2ccc(C(=O)O)cc2)cc1. The molecule has 0 saturated heterocycles. The van der Waals surface area contributed by atoms with Crippen LogP contribution in [0.15, 0.2) is 53.6 Å². The van der Waals surface area contributed by atoms with Crippen molar-refractivity contribution in [2.45, 2.75) is 13.3 Å². The fourth-order valence-electron chi connectivity index (χ4n) is 1.71. The summed E-state index contributed by atoms with van der Waals surface area (Å²) in [5.74, 6) is -0.934. The highest BCUT2D eigenvalue weighted by molar-refractivity contribution is 5.88. The van der Waals surface area contributed by atoms with Crippen LogP contribution in [-0.4, -0.2) is 17.3 Å². The van der Waals surface area contributed by atoms with Crippen molar-refractivity contribution < 1.29 is 9.90 Å². The van der Waals surface area contributed by atoms with Crippen molar-refractivity contribution in [2.75, 3.05) is 5.43 Å². The maximum atomic E-state index is 10.7. The summed E-state index contributed by atoms with van der Waals surface area (Å²) in [5, 5.41) is 12.9. The van der Waals surface area contributed by atoms with E-state index in [0.717, 1.165) is 17.7 Å². The second kappa shape index (κ2) is 6.52. The lowest BCUT2D eigenvalue weighted by Gasteiger charge is -2.01. The molecule has 0 bridgehead atoms. The highest BCUT2D eigenvalue weighted by Gasteiger charge is 2.00. The average molecular weight is 268 g/mol. The molecular weight excluding hydrogens is 252 g/mol. The van der Waals surface area contributed by atoms with Crippen molar-refractivity contribution in [1.82, 2.24) is 0 Å². The molecule has 0 amide bonds. The monoisotopic (exact) mass is 268 g/mol. The molecule has 0 aromatic heterocycles. The van der Waals surface area contributed by atoms with Crippen LogP contribution in [0.5, 0.6) is 0 Å². The second-order valence-corrected chi connectivity index (χ2v) is 4.35. The molecule has 2 aromatic rings. The number of nitrogens with one attached hydrogen (secondary N) is 1. The number of carbonyl (C=O) groups is 1. The van der Waals surface area contributed by atoms with Gasteiger partial charge in [-0.1, -0.05) is 31.2 Å². The first-order valence-electron chi connectivity index (χ1n) is 6.40. The lowest BCUT2D eigenvalue weighted by Crippen LogP contribution is -1.96. The summed E-state index contributed by atoms with van der Waals surface area (Å²) in [6, 6.07) is 14.6. The van der Waals surface area contributed by atoms with Gasteiger partial charge in [-0.15, -0.1) is 0 Å². The molecule has 0 aliphatic heterocycles. The minimum atomic E-state index is -0.934. The maximum Gasteiger partial charge on any atom is 0.335 e. The van der Waals surface area contributed by atoms with E-state index in [2.05, 4.69) is 29.6 Å². The van der Waals surface area contributed by atoms with Gasteiger partial charge < -0.3 is 5.11 Å². The smallest absolute Gasteiger partial charge is 0.335 e. The Kier molecular flexibility index (Phi) is 4.50. The molecule has 0 atom stereocenters. The van der Waals surface area contributed by atoms with Gasteiger partial charge in [0.1, 0.15) is 0 Å².